The van der Waals surface area contributed by atoms with Gasteiger partial charge in [0.15, 0.2) is 0 Å². The van der Waals surface area contributed by atoms with Gasteiger partial charge in [0.2, 0.25) is 5.91 Å². The van der Waals surface area contributed by atoms with E-state index < -0.39 is 23.4 Å². The fourth-order valence-corrected chi connectivity index (χ4v) is 3.79. The van der Waals surface area contributed by atoms with E-state index in [1.165, 1.54) is 7.11 Å². The average Bonchev–Trinajstić information content (AvgIpc) is 3.61. The second-order valence-corrected chi connectivity index (χ2v) is 8.54. The predicted molar refractivity (Wildman–Crippen MR) is 125 cm³/mol. The zero-order valence-corrected chi connectivity index (χ0v) is 19.4. The molecular formula is C25H24ClN3O5. The topological polar surface area (TPSA) is 110 Å². The molecule has 1 fully saturated rings. The summed E-state index contributed by atoms with van der Waals surface area (Å²) >= 11 is 6.37. The molecule has 0 aromatic heterocycles. The third-order valence-corrected chi connectivity index (χ3v) is 5.95. The average molecular weight is 482 g/mol. The van der Waals surface area contributed by atoms with E-state index >= 15 is 0 Å². The molecule has 2 heterocycles. The Balaban J connectivity index is 1.68. The number of fused-ring (bicyclic) bond motifs is 9. The standard InChI is InChI=1S/C25H24ClN3O5/c1-32-17-5-7-21-18(14-17)23(30)28-20(24(31)29-25(15-27)8-9-25)13-16-4-6-22(19(26)12-16)34-11-3-2-10-33-21/h2-7,12,14,20H,8-11,13H2,1H3,(H,28,30)(H,29,31)/t20-/m0/s1. The van der Waals surface area contributed by atoms with E-state index in [-0.39, 0.29) is 18.6 Å². The van der Waals surface area contributed by atoms with Gasteiger partial charge in [-0.3, -0.25) is 9.59 Å². The Kier molecular flexibility index (Phi) is 6.94. The van der Waals surface area contributed by atoms with E-state index in [4.69, 9.17) is 25.8 Å². The molecule has 2 aliphatic heterocycles. The van der Waals surface area contributed by atoms with Crippen LogP contribution in [0.5, 0.6) is 17.2 Å². The number of amides is 2. The van der Waals surface area contributed by atoms with Gasteiger partial charge in [-0.2, -0.15) is 5.26 Å². The van der Waals surface area contributed by atoms with Crippen LogP contribution < -0.4 is 24.8 Å². The number of nitrogens with one attached hydrogen (secondary N) is 2. The molecule has 1 atom stereocenters. The van der Waals surface area contributed by atoms with Crippen LogP contribution in [0.2, 0.25) is 5.02 Å². The first-order valence-electron chi connectivity index (χ1n) is 10.8. The molecule has 3 aliphatic rings. The molecule has 0 saturated heterocycles. The van der Waals surface area contributed by atoms with Crippen molar-refractivity contribution in [2.24, 2.45) is 0 Å². The molecule has 2 bridgehead atoms. The van der Waals surface area contributed by atoms with Crippen molar-refractivity contribution in [1.82, 2.24) is 10.6 Å². The highest BCUT2D eigenvalue weighted by molar-refractivity contribution is 6.32. The lowest BCUT2D eigenvalue weighted by Crippen LogP contribution is -2.51. The zero-order chi connectivity index (χ0) is 24.1. The molecule has 0 radical (unpaired) electrons. The molecule has 1 aliphatic carbocycles. The molecule has 34 heavy (non-hydrogen) atoms. The summed E-state index contributed by atoms with van der Waals surface area (Å²) in [5.41, 5.74) is 0.0799. The van der Waals surface area contributed by atoms with E-state index in [0.717, 1.165) is 5.56 Å². The van der Waals surface area contributed by atoms with Crippen molar-refractivity contribution in [3.8, 4) is 23.3 Å². The highest BCUT2D eigenvalue weighted by Gasteiger charge is 2.45. The number of nitriles is 1. The highest BCUT2D eigenvalue weighted by Crippen LogP contribution is 2.34. The molecule has 5 rings (SSSR count). The van der Waals surface area contributed by atoms with Crippen LogP contribution in [-0.4, -0.2) is 43.7 Å². The largest absolute Gasteiger partial charge is 0.497 e. The molecule has 1 saturated carbocycles. The third kappa shape index (κ3) is 5.43. The molecular weight excluding hydrogens is 458 g/mol. The maximum Gasteiger partial charge on any atom is 0.255 e. The van der Waals surface area contributed by atoms with Gasteiger partial charge in [-0.1, -0.05) is 17.7 Å². The monoisotopic (exact) mass is 481 g/mol. The summed E-state index contributed by atoms with van der Waals surface area (Å²) in [6.07, 6.45) is 4.89. The zero-order valence-electron chi connectivity index (χ0n) is 18.6. The van der Waals surface area contributed by atoms with Crippen LogP contribution >= 0.6 is 11.6 Å². The molecule has 2 aromatic carbocycles. The van der Waals surface area contributed by atoms with Gasteiger partial charge in [-0.05, 0) is 60.9 Å². The number of hydrogen-bond acceptors (Lipinski definition) is 6. The number of carbonyl (C=O) groups excluding carboxylic acids is 2. The van der Waals surface area contributed by atoms with Crippen LogP contribution in [0.15, 0.2) is 48.6 Å². The van der Waals surface area contributed by atoms with Crippen LogP contribution in [0.25, 0.3) is 0 Å². The van der Waals surface area contributed by atoms with Crippen LogP contribution in [0, 0.1) is 11.3 Å². The number of methoxy groups -OCH3 is 1. The van der Waals surface area contributed by atoms with Crippen molar-refractivity contribution in [3.05, 3.63) is 64.7 Å². The number of benzene rings is 2. The van der Waals surface area contributed by atoms with Crippen LogP contribution in [0.3, 0.4) is 0 Å². The summed E-state index contributed by atoms with van der Waals surface area (Å²) in [5, 5.41) is 15.4. The first-order chi connectivity index (χ1) is 16.4. The fraction of sp³-hybridized carbons (Fsp3) is 0.320. The predicted octanol–water partition coefficient (Wildman–Crippen LogP) is 3.19. The SMILES string of the molecule is COc1ccc2c(c1)C(=O)N[C@H](C(=O)NC1(C#N)CC1)Cc1ccc(c(Cl)c1)OCC=CCO2. The number of ether oxygens (including phenoxy) is 3. The lowest BCUT2D eigenvalue weighted by molar-refractivity contribution is -0.123. The second-order valence-electron chi connectivity index (χ2n) is 8.13. The first kappa shape index (κ1) is 23.5. The molecule has 2 N–H and O–H groups in total. The molecule has 176 valence electrons. The Bertz CT molecular complexity index is 1170. The molecule has 9 heteroatoms. The maximum atomic E-state index is 13.3. The van der Waals surface area contributed by atoms with Gasteiger partial charge < -0.3 is 24.8 Å². The summed E-state index contributed by atoms with van der Waals surface area (Å²) in [6, 6.07) is 11.3. The van der Waals surface area contributed by atoms with Crippen molar-refractivity contribution >= 4 is 23.4 Å². The van der Waals surface area contributed by atoms with E-state index in [1.807, 2.05) is 0 Å². The Labute approximate surface area is 202 Å². The minimum absolute atomic E-state index is 0.166. The lowest BCUT2D eigenvalue weighted by atomic mass is 10.0. The van der Waals surface area contributed by atoms with Gasteiger partial charge in [0.1, 0.15) is 42.0 Å². The second kappa shape index (κ2) is 10.1. The van der Waals surface area contributed by atoms with Crippen LogP contribution in [0.1, 0.15) is 28.8 Å². The van der Waals surface area contributed by atoms with Crippen molar-refractivity contribution < 1.29 is 23.8 Å². The van der Waals surface area contributed by atoms with E-state index in [9.17, 15) is 14.9 Å². The Morgan fingerprint density at radius 3 is 2.53 bits per heavy atom. The summed E-state index contributed by atoms with van der Waals surface area (Å²) in [7, 11) is 1.50. The van der Waals surface area contributed by atoms with Gasteiger partial charge >= 0.3 is 0 Å². The molecule has 0 unspecified atom stereocenters. The molecule has 8 nitrogen and oxygen atoms in total. The minimum Gasteiger partial charge on any atom is -0.497 e. The van der Waals surface area contributed by atoms with Gasteiger partial charge in [-0.25, -0.2) is 0 Å². The Hall–Kier alpha value is -3.70. The van der Waals surface area contributed by atoms with Gasteiger partial charge in [0.05, 0.1) is 23.8 Å². The van der Waals surface area contributed by atoms with Crippen molar-refractivity contribution in [2.45, 2.75) is 30.8 Å². The van der Waals surface area contributed by atoms with Crippen LogP contribution in [0.4, 0.5) is 0 Å². The smallest absolute Gasteiger partial charge is 0.255 e. The molecule has 2 aromatic rings. The normalized spacial score (nSPS) is 19.0. The van der Waals surface area contributed by atoms with Gasteiger partial charge in [-0.15, -0.1) is 0 Å². The number of hydrogen-bond donors (Lipinski definition) is 2. The summed E-state index contributed by atoms with van der Waals surface area (Å²) in [6.45, 7) is 0.497. The Morgan fingerprint density at radius 1 is 1.18 bits per heavy atom. The van der Waals surface area contributed by atoms with Crippen molar-refractivity contribution in [1.29, 1.82) is 5.26 Å². The van der Waals surface area contributed by atoms with Crippen molar-refractivity contribution in [2.75, 3.05) is 20.3 Å². The maximum absolute atomic E-state index is 13.3. The molecule has 2 amide bonds. The summed E-state index contributed by atoms with van der Waals surface area (Å²) < 4.78 is 16.7. The number of nitrogens with zero attached hydrogens (tertiary/aromatic N) is 1. The fourth-order valence-electron chi connectivity index (χ4n) is 3.53. The number of halogens is 1. The minimum atomic E-state index is -0.951. The quantitative estimate of drug-likeness (QED) is 0.651. The van der Waals surface area contributed by atoms with Crippen LogP contribution in [-0.2, 0) is 11.2 Å². The van der Waals surface area contributed by atoms with E-state index in [1.54, 1.807) is 48.6 Å². The summed E-state index contributed by atoms with van der Waals surface area (Å²) in [4.78, 5) is 26.4. The van der Waals surface area contributed by atoms with E-state index in [2.05, 4.69) is 16.7 Å². The Morgan fingerprint density at radius 2 is 1.88 bits per heavy atom. The number of rotatable bonds is 3. The lowest BCUT2D eigenvalue weighted by Gasteiger charge is -2.22. The van der Waals surface area contributed by atoms with Crippen molar-refractivity contribution in [3.63, 3.8) is 0 Å². The van der Waals surface area contributed by atoms with Gasteiger partial charge in [0, 0.05) is 6.42 Å². The molecule has 0 spiro atoms. The third-order valence-electron chi connectivity index (χ3n) is 5.65. The van der Waals surface area contributed by atoms with E-state index in [0.29, 0.717) is 41.7 Å². The first-order valence-corrected chi connectivity index (χ1v) is 11.2. The highest BCUT2D eigenvalue weighted by atomic mass is 35.5. The summed E-state index contributed by atoms with van der Waals surface area (Å²) in [5.74, 6) is 0.376. The number of carbonyl (C=O) groups is 2. The van der Waals surface area contributed by atoms with Gasteiger partial charge in [0.25, 0.3) is 5.91 Å².